The van der Waals surface area contributed by atoms with Crippen molar-refractivity contribution in [1.82, 2.24) is 0 Å². The van der Waals surface area contributed by atoms with E-state index >= 15 is 0 Å². The predicted molar refractivity (Wildman–Crippen MR) is 265 cm³/mol. The van der Waals surface area contributed by atoms with Crippen LogP contribution < -0.4 is 0 Å². The summed E-state index contributed by atoms with van der Waals surface area (Å²) in [5, 5.41) is 85.6. The Morgan fingerprint density at radius 1 is 0.100 bits per heavy atom. The van der Waals surface area contributed by atoms with Gasteiger partial charge in [0.15, 0.2) is 0 Å². The third-order valence-corrected chi connectivity index (χ3v) is 33.0. The van der Waals surface area contributed by atoms with Gasteiger partial charge in [0.05, 0.1) is 24.6 Å². The third kappa shape index (κ3) is 1.04. The second-order valence-electron chi connectivity index (χ2n) is 22.5. The highest BCUT2D eigenvalue weighted by Crippen LogP contribution is 2.78. The summed E-state index contributed by atoms with van der Waals surface area (Å²) >= 11 is 0. The number of hydrogen-bond donors (Lipinski definition) is 0. The second-order valence-corrected chi connectivity index (χ2v) is 29.8. The number of benzene rings is 14. The van der Waals surface area contributed by atoms with Crippen molar-refractivity contribution in [3.8, 4) is 0 Å². The van der Waals surface area contributed by atoms with Crippen LogP contribution in [0.1, 0.15) is 0 Å². The minimum Gasteiger partial charge on any atom is -0.0388 e. The fourth-order valence-electron chi connectivity index (χ4n) is 22.5. The van der Waals surface area contributed by atoms with Gasteiger partial charge in [-0.1, -0.05) is 0 Å². The largest absolute Gasteiger partial charge is 0.0918 e. The molecule has 0 saturated heterocycles. The molecule has 0 atom stereocenters. The van der Waals surface area contributed by atoms with Crippen molar-refractivity contribution in [1.29, 1.82) is 0 Å². The molecule has 0 nitrogen and oxygen atoms in total. The van der Waals surface area contributed by atoms with E-state index in [1.165, 1.54) is 0 Å². The molecule has 0 unspecified atom stereocenters. The van der Waals surface area contributed by atoms with Gasteiger partial charge in [0.1, 0.15) is 0 Å². The second kappa shape index (κ2) is 4.57. The van der Waals surface area contributed by atoms with E-state index in [1.807, 2.05) is 61.9 Å². The molecule has 0 bridgehead atoms. The molecule has 0 aliphatic heterocycles. The van der Waals surface area contributed by atoms with E-state index < -0.39 is 24.6 Å². The molecule has 240 valence electrons. The molecular weight excluding hydrogens is 769 g/mol. The van der Waals surface area contributed by atoms with E-state index in [2.05, 4.69) is 4.61 Å². The molecule has 0 aliphatic carbocycles. The normalized spacial score (nSPS) is 18.0. The van der Waals surface area contributed by atoms with E-state index in [1.54, 1.807) is 237 Å². The van der Waals surface area contributed by atoms with Gasteiger partial charge in [0, 0.05) is 0 Å². The quantitative estimate of drug-likeness (QED) is 0.106. The van der Waals surface area contributed by atoms with Gasteiger partial charge < -0.3 is 0 Å². The van der Waals surface area contributed by atoms with Gasteiger partial charge in [-0.05, 0) is 304 Å². The van der Waals surface area contributed by atoms with Crippen molar-refractivity contribution in [3.63, 3.8) is 0 Å². The maximum absolute atomic E-state index is 2.07. The van der Waals surface area contributed by atoms with Crippen LogP contribution in [0.2, 0.25) is 0 Å². The van der Waals surface area contributed by atoms with E-state index in [-0.39, 0.29) is 0 Å². The van der Waals surface area contributed by atoms with Gasteiger partial charge in [-0.25, -0.2) is 0 Å². The molecule has 0 N–H and O–H groups in total. The lowest BCUT2D eigenvalue weighted by Gasteiger charge is -2.14. The van der Waals surface area contributed by atoms with E-state index in [0.29, 0.717) is 0 Å². The predicted octanol–water partition coefficient (Wildman–Crippen LogP) is 15.7. The fraction of sp³-hybridized carbons (Fsp3) is 0. The van der Waals surface area contributed by atoms with Crippen LogP contribution in [0.3, 0.4) is 0 Å². The molecule has 8 heterocycles. The van der Waals surface area contributed by atoms with Crippen molar-refractivity contribution >= 4 is 328 Å². The van der Waals surface area contributed by atoms with Gasteiger partial charge in [-0.2, -0.15) is 0 Å². The highest BCUT2D eigenvalue weighted by Gasteiger charge is 2.51. The number of hydrogen-bond acceptors (Lipinski definition) is 0. The summed E-state index contributed by atoms with van der Waals surface area (Å²) in [4.78, 5) is 13.7. The van der Waals surface area contributed by atoms with Crippen LogP contribution in [0.4, 0.5) is 0 Å². The van der Waals surface area contributed by atoms with Crippen LogP contribution >= 0.6 is 0 Å². The van der Waals surface area contributed by atoms with Gasteiger partial charge in [-0.3, -0.25) is 0 Å². The Kier molecular flexibility index (Phi) is 1.60. The van der Waals surface area contributed by atoms with Crippen LogP contribution in [0.5, 0.6) is 0 Å². The summed E-state index contributed by atoms with van der Waals surface area (Å²) in [6.07, 6.45) is 0. The zero-order valence-electron chi connectivity index (χ0n) is 30.0. The van der Waals surface area contributed by atoms with Crippen molar-refractivity contribution in [2.75, 3.05) is 0 Å². The van der Waals surface area contributed by atoms with E-state index in [4.69, 9.17) is 0 Å². The zero-order chi connectivity index (χ0) is 34.6. The summed E-state index contributed by atoms with van der Waals surface area (Å²) in [7, 11) is -3.51. The average Bonchev–Trinajstić information content (AvgIpc) is 4.09. The van der Waals surface area contributed by atoms with Crippen molar-refractivity contribution in [2.45, 2.75) is 0 Å². The van der Waals surface area contributed by atoms with Gasteiger partial charge in [0.25, 0.3) is 0 Å². The summed E-state index contributed by atoms with van der Waals surface area (Å²) in [6.45, 7) is 0. The first-order valence-corrected chi connectivity index (χ1v) is 27.0. The average molecular weight is 769 g/mol. The van der Waals surface area contributed by atoms with Crippen molar-refractivity contribution < 1.29 is 0 Å². The van der Waals surface area contributed by atoms with Gasteiger partial charge in [0.2, 0.25) is 0 Å². The fourth-order valence-corrected chi connectivity index (χ4v) is 36.5. The molecule has 32 rings (SSSR count). The topological polar surface area (TPSA) is 0 Å². The van der Waals surface area contributed by atoms with Crippen LogP contribution in [0.25, 0.3) is 304 Å². The first-order valence-electron chi connectivity index (χ1n) is 22.5. The van der Waals surface area contributed by atoms with Gasteiger partial charge in [-0.15, -0.1) is 0 Å². The summed E-state index contributed by atoms with van der Waals surface area (Å²) < 4.78 is 2.07. The molecule has 0 spiro atoms. The van der Waals surface area contributed by atoms with Crippen molar-refractivity contribution in [2.24, 2.45) is 0 Å². The standard InChI is InChI=1S/C57Si3/c1-2-4-7-6-3(1)11-12-9-5(1)10-8(2)14-15-13(4)20-18(7)26-25-17(6)19(11)31-32-21(12)22-16(9)24-23(10)29-27(14)30-28(15)34-33(20)43-38(26)48-37(25)42(31)51-44(32)39-35(22)41-36(24)40(29)50-45(30)47-46(34)52(43)60-56-54(47)58(50)53(41)49(39)55(56)59(51)57(48)60. The lowest BCUT2D eigenvalue weighted by Crippen LogP contribution is -1.98. The first-order chi connectivity index (χ1) is 30.0. The molecule has 0 radical (unpaired) electrons. The highest BCUT2D eigenvalue weighted by atomic mass is 28.3. The molecule has 60 heavy (non-hydrogen) atoms. The van der Waals surface area contributed by atoms with Crippen molar-refractivity contribution in [3.05, 3.63) is 0 Å². The van der Waals surface area contributed by atoms with Crippen LogP contribution in [-0.4, -0.2) is 24.6 Å². The minimum atomic E-state index is -1.20. The molecule has 32 aromatic rings. The maximum Gasteiger partial charge on any atom is 0.0918 e. The summed E-state index contributed by atoms with van der Waals surface area (Å²) in [5.74, 6) is 0. The van der Waals surface area contributed by atoms with Crippen LogP contribution in [-0.2, 0) is 0 Å². The van der Waals surface area contributed by atoms with Gasteiger partial charge >= 0.3 is 0 Å². The first kappa shape index (κ1) is 21.0. The molecule has 0 amide bonds. The molecular formula is C57Si3. The molecule has 8 aromatic heterocycles. The summed E-state index contributed by atoms with van der Waals surface area (Å²) in [5.41, 5.74) is 0. The smallest absolute Gasteiger partial charge is 0.0388 e. The Labute approximate surface area is 326 Å². The molecule has 0 fully saturated rings. The summed E-state index contributed by atoms with van der Waals surface area (Å²) in [6, 6.07) is 0. The molecule has 24 aromatic carbocycles. The van der Waals surface area contributed by atoms with Crippen LogP contribution in [0, 0.1) is 0 Å². The lowest BCUT2D eigenvalue weighted by atomic mass is 9.88. The lowest BCUT2D eigenvalue weighted by molar-refractivity contribution is 2.21. The monoisotopic (exact) mass is 768 g/mol. The Hall–Kier alpha value is -6.76. The molecule has 0 aliphatic rings. The van der Waals surface area contributed by atoms with E-state index in [0.717, 1.165) is 0 Å². The Bertz CT molecular complexity index is 4040. The Morgan fingerprint density at radius 2 is 0.267 bits per heavy atom. The Balaban J connectivity index is 1.37. The van der Waals surface area contributed by atoms with E-state index in [9.17, 15) is 0 Å². The minimum absolute atomic E-state index is 1.15. The molecule has 3 heteroatoms. The zero-order valence-corrected chi connectivity index (χ0v) is 33.0. The third-order valence-electron chi connectivity index (χ3n) is 22.5. The maximum atomic E-state index is 2.07. The molecule has 0 saturated carbocycles. The SMILES string of the molecule is c12c3c4c5c1c1c6c7c8c1c1c2c2c9c3c3c%10c4c4c%11c5c6c5c%11c6c%11c4c%10c4c%10c3c9c3c9c2c1c1c8c2c8c7c5c5c8c7c8c(c%11c4c4c%10c3c3c9c1c2[si]7c3[si]48)[si]65. The highest BCUT2D eigenvalue weighted by molar-refractivity contribution is 7.14. The Morgan fingerprint density at radius 3 is 0.600 bits per heavy atom. The number of rotatable bonds is 0. The van der Waals surface area contributed by atoms with Crippen LogP contribution in [0.15, 0.2) is 0 Å².